The van der Waals surface area contributed by atoms with Crippen LogP contribution in [0.15, 0.2) is 0 Å². The highest BCUT2D eigenvalue weighted by molar-refractivity contribution is 6.51. The van der Waals surface area contributed by atoms with Gasteiger partial charge in [-0.1, -0.05) is 48.1 Å². The lowest BCUT2D eigenvalue weighted by Gasteiger charge is -2.10. The zero-order valence-electron chi connectivity index (χ0n) is 13.2. The summed E-state index contributed by atoms with van der Waals surface area (Å²) in [6, 6.07) is 0. The van der Waals surface area contributed by atoms with E-state index >= 15 is 0 Å². The monoisotopic (exact) mass is 377 g/mol. The van der Waals surface area contributed by atoms with Gasteiger partial charge in [0.15, 0.2) is 0 Å². The summed E-state index contributed by atoms with van der Waals surface area (Å²) in [6.07, 6.45) is 1.86. The molecule has 1 heterocycles. The van der Waals surface area contributed by atoms with Crippen molar-refractivity contribution in [2.24, 2.45) is 0 Å². The SMILES string of the molecule is CCCCn1c(C)c(C(=O)OCC)c2c(O)c(Cl)c(Cl)c(Cl)c21. The van der Waals surface area contributed by atoms with Gasteiger partial charge in [0.05, 0.1) is 33.1 Å². The number of rotatable bonds is 5. The van der Waals surface area contributed by atoms with Crippen LogP contribution in [0.3, 0.4) is 0 Å². The molecule has 7 heteroatoms. The average Bonchev–Trinajstić information content (AvgIpc) is 2.82. The number of hydrogen-bond acceptors (Lipinski definition) is 3. The summed E-state index contributed by atoms with van der Waals surface area (Å²) in [4.78, 5) is 12.4. The Morgan fingerprint density at radius 2 is 1.83 bits per heavy atom. The Kier molecular flexibility index (Phi) is 5.71. The summed E-state index contributed by atoms with van der Waals surface area (Å²) >= 11 is 18.5. The van der Waals surface area contributed by atoms with Crippen molar-refractivity contribution in [3.63, 3.8) is 0 Å². The number of hydrogen-bond donors (Lipinski definition) is 1. The third-order valence-corrected chi connectivity index (χ3v) is 5.08. The molecular weight excluding hydrogens is 361 g/mol. The molecule has 2 aromatic rings. The normalized spacial score (nSPS) is 11.2. The van der Waals surface area contributed by atoms with E-state index in [1.807, 2.05) is 4.57 Å². The molecule has 0 saturated heterocycles. The molecule has 1 N–H and O–H groups in total. The number of fused-ring (bicyclic) bond motifs is 1. The van der Waals surface area contributed by atoms with Gasteiger partial charge in [0.1, 0.15) is 10.8 Å². The van der Waals surface area contributed by atoms with E-state index in [0.29, 0.717) is 17.8 Å². The summed E-state index contributed by atoms with van der Waals surface area (Å²) in [5.74, 6) is -0.771. The third-order valence-electron chi connectivity index (χ3n) is 3.78. The molecule has 4 nitrogen and oxygen atoms in total. The van der Waals surface area contributed by atoms with Crippen LogP contribution in [0.2, 0.25) is 15.1 Å². The van der Waals surface area contributed by atoms with Crippen LogP contribution in [-0.4, -0.2) is 22.2 Å². The molecule has 0 radical (unpaired) electrons. The van der Waals surface area contributed by atoms with Gasteiger partial charge >= 0.3 is 5.97 Å². The van der Waals surface area contributed by atoms with Gasteiger partial charge < -0.3 is 14.4 Å². The molecule has 0 spiro atoms. The minimum atomic E-state index is -0.519. The van der Waals surface area contributed by atoms with Gasteiger partial charge in [0.2, 0.25) is 0 Å². The molecule has 0 fully saturated rings. The van der Waals surface area contributed by atoms with Gasteiger partial charge in [0.25, 0.3) is 0 Å². The van der Waals surface area contributed by atoms with Crippen LogP contribution >= 0.6 is 34.8 Å². The number of halogens is 3. The number of aromatic nitrogens is 1. The van der Waals surface area contributed by atoms with Crippen LogP contribution in [0.4, 0.5) is 0 Å². The van der Waals surface area contributed by atoms with E-state index in [9.17, 15) is 9.90 Å². The van der Waals surface area contributed by atoms with Crippen molar-refractivity contribution in [2.45, 2.75) is 40.2 Å². The number of phenolic OH excluding ortho intramolecular Hbond substituents is 1. The van der Waals surface area contributed by atoms with Crippen LogP contribution in [0, 0.1) is 6.92 Å². The van der Waals surface area contributed by atoms with Crippen molar-refractivity contribution in [2.75, 3.05) is 6.61 Å². The zero-order valence-corrected chi connectivity index (χ0v) is 15.4. The maximum atomic E-state index is 12.4. The first kappa shape index (κ1) is 18.2. The summed E-state index contributed by atoms with van der Waals surface area (Å²) in [5.41, 5.74) is 1.45. The molecule has 1 aromatic carbocycles. The lowest BCUT2D eigenvalue weighted by Crippen LogP contribution is -2.07. The number of benzene rings is 1. The van der Waals surface area contributed by atoms with Crippen molar-refractivity contribution in [1.82, 2.24) is 4.57 Å². The molecule has 23 heavy (non-hydrogen) atoms. The van der Waals surface area contributed by atoms with Gasteiger partial charge in [0, 0.05) is 12.2 Å². The molecule has 2 rings (SSSR count). The first-order chi connectivity index (χ1) is 10.9. The topological polar surface area (TPSA) is 51.5 Å². The van der Waals surface area contributed by atoms with Gasteiger partial charge in [-0.3, -0.25) is 0 Å². The molecule has 126 valence electrons. The highest BCUT2D eigenvalue weighted by atomic mass is 35.5. The number of ether oxygens (including phenoxy) is 1. The van der Waals surface area contributed by atoms with Crippen LogP contribution < -0.4 is 0 Å². The molecule has 0 unspecified atom stereocenters. The number of carbonyl (C=O) groups is 1. The Labute approximate surface area is 149 Å². The predicted molar refractivity (Wildman–Crippen MR) is 94.2 cm³/mol. The van der Waals surface area contributed by atoms with Crippen molar-refractivity contribution in [1.29, 1.82) is 0 Å². The number of nitrogens with zero attached hydrogens (tertiary/aromatic N) is 1. The van der Waals surface area contributed by atoms with E-state index in [1.165, 1.54) is 0 Å². The molecule has 0 amide bonds. The maximum absolute atomic E-state index is 12.4. The zero-order chi connectivity index (χ0) is 17.3. The average molecular weight is 379 g/mol. The first-order valence-electron chi connectivity index (χ1n) is 7.42. The second-order valence-electron chi connectivity index (χ2n) is 5.20. The van der Waals surface area contributed by atoms with E-state index in [2.05, 4.69) is 6.92 Å². The van der Waals surface area contributed by atoms with E-state index in [0.717, 1.165) is 12.8 Å². The first-order valence-corrected chi connectivity index (χ1v) is 8.55. The molecule has 0 saturated carbocycles. The molecule has 0 aliphatic carbocycles. The molecule has 0 aliphatic rings. The minimum absolute atomic E-state index is 0.0673. The third kappa shape index (κ3) is 3.00. The number of phenols is 1. The predicted octanol–water partition coefficient (Wildman–Crippen LogP) is 5.59. The summed E-state index contributed by atoms with van der Waals surface area (Å²) < 4.78 is 7.00. The second kappa shape index (κ2) is 7.20. The fraction of sp³-hybridized carbons (Fsp3) is 0.438. The van der Waals surface area contributed by atoms with Gasteiger partial charge in [-0.2, -0.15) is 0 Å². The highest BCUT2D eigenvalue weighted by Gasteiger charge is 2.28. The van der Waals surface area contributed by atoms with Crippen molar-refractivity contribution < 1.29 is 14.6 Å². The summed E-state index contributed by atoms with van der Waals surface area (Å²) in [7, 11) is 0. The van der Waals surface area contributed by atoms with Gasteiger partial charge in [-0.05, 0) is 20.3 Å². The molecule has 1 aromatic heterocycles. The fourth-order valence-electron chi connectivity index (χ4n) is 2.66. The number of aryl methyl sites for hydroxylation is 1. The van der Waals surface area contributed by atoms with Crippen LogP contribution in [-0.2, 0) is 11.3 Å². The van der Waals surface area contributed by atoms with Gasteiger partial charge in [-0.15, -0.1) is 0 Å². The van der Waals surface area contributed by atoms with Crippen molar-refractivity contribution >= 4 is 51.7 Å². The minimum Gasteiger partial charge on any atom is -0.506 e. The Morgan fingerprint density at radius 3 is 2.39 bits per heavy atom. The second-order valence-corrected chi connectivity index (χ2v) is 6.33. The lowest BCUT2D eigenvalue weighted by molar-refractivity contribution is 0.0527. The fourth-order valence-corrected chi connectivity index (χ4v) is 3.37. The van der Waals surface area contributed by atoms with E-state index in [1.54, 1.807) is 13.8 Å². The summed E-state index contributed by atoms with van der Waals surface area (Å²) in [5, 5.41) is 10.9. The molecule has 0 atom stereocenters. The number of esters is 1. The smallest absolute Gasteiger partial charge is 0.340 e. The Balaban J connectivity index is 2.90. The van der Waals surface area contributed by atoms with E-state index in [4.69, 9.17) is 39.5 Å². The number of carbonyl (C=O) groups excluding carboxylic acids is 1. The Hall–Kier alpha value is -1.10. The molecule has 0 bridgehead atoms. The molecular formula is C16H18Cl3NO3. The van der Waals surface area contributed by atoms with Crippen molar-refractivity contribution in [3.05, 3.63) is 26.3 Å². The van der Waals surface area contributed by atoms with Crippen LogP contribution in [0.5, 0.6) is 5.75 Å². The Bertz CT molecular complexity index is 768. The Morgan fingerprint density at radius 1 is 1.17 bits per heavy atom. The largest absolute Gasteiger partial charge is 0.506 e. The van der Waals surface area contributed by atoms with E-state index < -0.39 is 5.97 Å². The standard InChI is InChI=1S/C16H18Cl3NO3/c1-4-6-7-20-8(3)9(16(22)23-5-2)10-14(20)12(18)11(17)13(19)15(10)21/h21H,4-7H2,1-3H3. The number of unbranched alkanes of at least 4 members (excludes halogenated alkanes) is 1. The van der Waals surface area contributed by atoms with E-state index in [-0.39, 0.29) is 38.4 Å². The van der Waals surface area contributed by atoms with Gasteiger partial charge in [-0.25, -0.2) is 4.79 Å². The quantitative estimate of drug-likeness (QED) is 0.545. The highest BCUT2D eigenvalue weighted by Crippen LogP contribution is 2.47. The lowest BCUT2D eigenvalue weighted by atomic mass is 10.1. The number of aromatic hydroxyl groups is 1. The maximum Gasteiger partial charge on any atom is 0.340 e. The van der Waals surface area contributed by atoms with Crippen molar-refractivity contribution in [3.8, 4) is 5.75 Å². The van der Waals surface area contributed by atoms with Crippen LogP contribution in [0.1, 0.15) is 42.7 Å². The summed E-state index contributed by atoms with van der Waals surface area (Å²) in [6.45, 7) is 6.46. The van der Waals surface area contributed by atoms with Crippen LogP contribution in [0.25, 0.3) is 10.9 Å². The molecule has 0 aliphatic heterocycles.